The molecule has 170 valence electrons. The minimum absolute atomic E-state index is 0.109. The molecular formula is C22H21N5O6. The Hall–Kier alpha value is -4.41. The van der Waals surface area contributed by atoms with Crippen molar-refractivity contribution in [3.05, 3.63) is 60.2 Å². The van der Waals surface area contributed by atoms with Crippen LogP contribution in [0.4, 0.5) is 10.5 Å². The standard InChI is InChI=1S/C22H21N5O6/c1-12(32-3)4-5-14-6-18(29)27(10-14)11-22(20(30)25-21(31)26-22)17-8-15-7-16(24-13(2)28)9-23-19(15)33-17/h4-9H,1,10-11H2,2-3H3,(H,24,28)(H2,25,26,30,31). The smallest absolute Gasteiger partial charge is 0.322 e. The fourth-order valence-electron chi connectivity index (χ4n) is 3.65. The second kappa shape index (κ2) is 8.26. The zero-order valence-corrected chi connectivity index (χ0v) is 17.9. The number of fused-ring (bicyclic) bond motifs is 1. The van der Waals surface area contributed by atoms with Gasteiger partial charge in [-0.2, -0.15) is 0 Å². The molecule has 11 nitrogen and oxygen atoms in total. The van der Waals surface area contributed by atoms with Crippen LogP contribution in [0.15, 0.2) is 58.9 Å². The van der Waals surface area contributed by atoms with Gasteiger partial charge in [-0.25, -0.2) is 9.78 Å². The fraction of sp³-hybridized carbons (Fsp3) is 0.227. The van der Waals surface area contributed by atoms with Crippen LogP contribution in [0, 0.1) is 0 Å². The van der Waals surface area contributed by atoms with Gasteiger partial charge < -0.3 is 24.7 Å². The number of ether oxygens (including phenoxy) is 1. The zero-order chi connectivity index (χ0) is 23.8. The predicted molar refractivity (Wildman–Crippen MR) is 117 cm³/mol. The number of nitrogens with one attached hydrogen (secondary N) is 3. The Balaban J connectivity index is 1.64. The number of allylic oxidation sites excluding steroid dienone is 1. The molecule has 1 saturated heterocycles. The number of imide groups is 1. The van der Waals surface area contributed by atoms with Crippen molar-refractivity contribution < 1.29 is 28.3 Å². The molecule has 2 aromatic rings. The topological polar surface area (TPSA) is 143 Å². The monoisotopic (exact) mass is 451 g/mol. The molecule has 5 amide bonds. The number of hydrogen-bond acceptors (Lipinski definition) is 7. The highest BCUT2D eigenvalue weighted by Gasteiger charge is 2.52. The van der Waals surface area contributed by atoms with Gasteiger partial charge in [0.2, 0.25) is 17.5 Å². The summed E-state index contributed by atoms with van der Waals surface area (Å²) < 4.78 is 10.8. The number of carbonyl (C=O) groups excluding carboxylic acids is 4. The van der Waals surface area contributed by atoms with E-state index in [1.54, 1.807) is 24.3 Å². The molecule has 0 saturated carbocycles. The van der Waals surface area contributed by atoms with Gasteiger partial charge in [0.15, 0.2) is 5.54 Å². The molecule has 4 rings (SSSR count). The summed E-state index contributed by atoms with van der Waals surface area (Å²) in [6, 6.07) is 2.48. The number of anilines is 1. The second-order valence-corrected chi connectivity index (χ2v) is 7.64. The van der Waals surface area contributed by atoms with Gasteiger partial charge in [-0.3, -0.25) is 19.7 Å². The first-order valence-corrected chi connectivity index (χ1v) is 9.92. The van der Waals surface area contributed by atoms with Crippen LogP contribution in [0.2, 0.25) is 0 Å². The van der Waals surface area contributed by atoms with Gasteiger partial charge in [0.25, 0.3) is 5.91 Å². The second-order valence-electron chi connectivity index (χ2n) is 7.64. The van der Waals surface area contributed by atoms with Crippen molar-refractivity contribution in [2.75, 3.05) is 25.5 Å². The molecular weight excluding hydrogens is 430 g/mol. The average Bonchev–Trinajstić information content (AvgIpc) is 3.41. The largest absolute Gasteiger partial charge is 0.497 e. The Kier molecular flexibility index (Phi) is 5.46. The summed E-state index contributed by atoms with van der Waals surface area (Å²) in [7, 11) is 1.49. The van der Waals surface area contributed by atoms with Crippen LogP contribution in [-0.2, 0) is 24.7 Å². The maximum absolute atomic E-state index is 12.9. The Morgan fingerprint density at radius 1 is 1.39 bits per heavy atom. The Morgan fingerprint density at radius 2 is 2.18 bits per heavy atom. The lowest BCUT2D eigenvalue weighted by atomic mass is 9.95. The van der Waals surface area contributed by atoms with Crippen LogP contribution in [0.5, 0.6) is 0 Å². The number of amides is 5. The highest BCUT2D eigenvalue weighted by Crippen LogP contribution is 2.33. The lowest BCUT2D eigenvalue weighted by Crippen LogP contribution is -2.53. The Bertz CT molecular complexity index is 1260. The lowest BCUT2D eigenvalue weighted by molar-refractivity contribution is -0.129. The summed E-state index contributed by atoms with van der Waals surface area (Å²) in [5, 5.41) is 7.95. The number of aromatic nitrogens is 1. The zero-order valence-electron chi connectivity index (χ0n) is 17.9. The van der Waals surface area contributed by atoms with Crippen molar-refractivity contribution in [2.45, 2.75) is 12.5 Å². The van der Waals surface area contributed by atoms with E-state index in [-0.39, 0.29) is 36.4 Å². The molecule has 3 N–H and O–H groups in total. The summed E-state index contributed by atoms with van der Waals surface area (Å²) in [5.74, 6) is -0.712. The molecule has 0 bridgehead atoms. The van der Waals surface area contributed by atoms with Crippen molar-refractivity contribution in [1.82, 2.24) is 20.5 Å². The van der Waals surface area contributed by atoms with E-state index >= 15 is 0 Å². The molecule has 1 atom stereocenters. The number of carbonyl (C=O) groups is 4. The van der Waals surface area contributed by atoms with E-state index < -0.39 is 17.5 Å². The average molecular weight is 451 g/mol. The summed E-state index contributed by atoms with van der Waals surface area (Å²) in [6.45, 7) is 5.10. The van der Waals surface area contributed by atoms with Gasteiger partial charge in [0.05, 0.1) is 25.5 Å². The van der Waals surface area contributed by atoms with E-state index in [0.717, 1.165) is 0 Å². The minimum Gasteiger partial charge on any atom is -0.497 e. The first-order chi connectivity index (χ1) is 15.7. The van der Waals surface area contributed by atoms with Crippen LogP contribution in [0.25, 0.3) is 11.1 Å². The van der Waals surface area contributed by atoms with Crippen LogP contribution >= 0.6 is 0 Å². The predicted octanol–water partition coefficient (Wildman–Crippen LogP) is 1.31. The minimum atomic E-state index is -1.65. The Morgan fingerprint density at radius 3 is 2.85 bits per heavy atom. The molecule has 0 spiro atoms. The molecule has 1 unspecified atom stereocenters. The van der Waals surface area contributed by atoms with Crippen molar-refractivity contribution >= 4 is 40.5 Å². The number of nitrogens with zero attached hydrogens (tertiary/aromatic N) is 2. The molecule has 11 heteroatoms. The molecule has 2 aromatic heterocycles. The molecule has 0 aromatic carbocycles. The van der Waals surface area contributed by atoms with Crippen molar-refractivity contribution in [1.29, 1.82) is 0 Å². The first-order valence-electron chi connectivity index (χ1n) is 9.92. The molecule has 0 aliphatic carbocycles. The van der Waals surface area contributed by atoms with E-state index in [0.29, 0.717) is 22.4 Å². The SMILES string of the molecule is C=C(C=CC1=CC(=O)N(CC2(c3cc4cc(NC(C)=O)cnc4o3)NC(=O)NC2=O)C1)OC. The van der Waals surface area contributed by atoms with Crippen LogP contribution in [-0.4, -0.2) is 53.8 Å². The van der Waals surface area contributed by atoms with Crippen LogP contribution < -0.4 is 16.0 Å². The van der Waals surface area contributed by atoms with E-state index in [1.807, 2.05) is 0 Å². The normalized spacial score (nSPS) is 20.2. The highest BCUT2D eigenvalue weighted by molar-refractivity contribution is 6.08. The Labute approximate surface area is 188 Å². The van der Waals surface area contributed by atoms with Crippen LogP contribution in [0.1, 0.15) is 12.7 Å². The summed E-state index contributed by atoms with van der Waals surface area (Å²) in [4.78, 5) is 54.5. The van der Waals surface area contributed by atoms with Gasteiger partial charge in [-0.15, -0.1) is 0 Å². The summed E-state index contributed by atoms with van der Waals surface area (Å²) in [5.41, 5.74) is -0.307. The van der Waals surface area contributed by atoms with Crippen molar-refractivity contribution in [2.24, 2.45) is 0 Å². The lowest BCUT2D eigenvalue weighted by Gasteiger charge is -2.29. The maximum atomic E-state index is 12.9. The molecule has 4 heterocycles. The van der Waals surface area contributed by atoms with E-state index in [9.17, 15) is 19.2 Å². The number of rotatable bonds is 7. The third-order valence-corrected chi connectivity index (χ3v) is 5.22. The highest BCUT2D eigenvalue weighted by atomic mass is 16.5. The number of furan rings is 1. The maximum Gasteiger partial charge on any atom is 0.322 e. The fourth-order valence-corrected chi connectivity index (χ4v) is 3.65. The van der Waals surface area contributed by atoms with Crippen molar-refractivity contribution in [3.8, 4) is 0 Å². The van der Waals surface area contributed by atoms with Crippen LogP contribution in [0.3, 0.4) is 0 Å². The van der Waals surface area contributed by atoms with E-state index in [4.69, 9.17) is 9.15 Å². The van der Waals surface area contributed by atoms with Gasteiger partial charge in [0.1, 0.15) is 11.5 Å². The number of urea groups is 1. The van der Waals surface area contributed by atoms with E-state index in [1.165, 1.54) is 31.2 Å². The number of methoxy groups -OCH3 is 1. The van der Waals surface area contributed by atoms with Gasteiger partial charge in [0, 0.05) is 24.9 Å². The number of pyridine rings is 1. The summed E-state index contributed by atoms with van der Waals surface area (Å²) in [6.07, 6.45) is 6.16. The molecule has 1 fully saturated rings. The van der Waals surface area contributed by atoms with Gasteiger partial charge >= 0.3 is 6.03 Å². The quantitative estimate of drug-likeness (QED) is 0.327. The summed E-state index contributed by atoms with van der Waals surface area (Å²) >= 11 is 0. The molecule has 2 aliphatic heterocycles. The molecule has 33 heavy (non-hydrogen) atoms. The van der Waals surface area contributed by atoms with Crippen molar-refractivity contribution in [3.63, 3.8) is 0 Å². The molecule has 2 aliphatic rings. The first kappa shape index (κ1) is 21.8. The molecule has 0 radical (unpaired) electrons. The third-order valence-electron chi connectivity index (χ3n) is 5.22. The third kappa shape index (κ3) is 4.20. The van der Waals surface area contributed by atoms with E-state index in [2.05, 4.69) is 27.5 Å². The number of hydrogen-bond donors (Lipinski definition) is 3. The van der Waals surface area contributed by atoms with Gasteiger partial charge in [-0.1, -0.05) is 12.7 Å². The van der Waals surface area contributed by atoms with Gasteiger partial charge in [-0.05, 0) is 23.8 Å².